The first-order valence-electron chi connectivity index (χ1n) is 42.0. The van der Waals surface area contributed by atoms with Gasteiger partial charge in [0.2, 0.25) is 5.91 Å². The fourth-order valence-electron chi connectivity index (χ4n) is 13.4. The molecule has 12 aromatic heterocycles. The predicted octanol–water partition coefficient (Wildman–Crippen LogP) is 20.4. The SMILES string of the molecule is CC(=O)Nc1cc(-c2ccncc2)nn1-c1ccncc1.Cc1ccc(S(=O)(=O)Nc2cc(-c3ccncc3)nn2-c2ccc(Cl)cc2)cc1.Nc1ccc(S(=O)(=O)Nc2cc(-c3ccncc3)nn2-c2ccccc2)cc1.Nc1ccc(S(=O)(=O)Nc2cc(-c3ccncc3)nn2-c2ccccn2)cc1.O=C(Nc1cc(C(F)(F)F)cc(C(F)(F)F)c1)Nc1cc(-c2ccncc2)nn1-c1ccc(Br)cc1. The van der Waals surface area contributed by atoms with Gasteiger partial charge in [-0.3, -0.25) is 54.2 Å². The molecule has 3 amide bonds. The lowest BCUT2D eigenvalue weighted by molar-refractivity contribution is -0.143. The molecule has 0 aliphatic carbocycles. The predicted molar refractivity (Wildman–Crippen MR) is 531 cm³/mol. The highest BCUT2D eigenvalue weighted by atomic mass is 79.9. The first-order chi connectivity index (χ1) is 68.1. The summed E-state index contributed by atoms with van der Waals surface area (Å²) < 4.78 is 172. The normalized spacial score (nSPS) is 11.3. The van der Waals surface area contributed by atoms with Gasteiger partial charge in [-0.1, -0.05) is 69.5 Å². The number of pyridine rings is 7. The van der Waals surface area contributed by atoms with E-state index in [9.17, 15) is 61.2 Å². The van der Waals surface area contributed by atoms with Gasteiger partial charge in [-0.15, -0.1) is 0 Å². The Morgan fingerprint density at radius 2 is 0.648 bits per heavy atom. The molecule has 0 saturated carbocycles. The maximum Gasteiger partial charge on any atom is 0.416 e. The molecule has 12 heterocycles. The van der Waals surface area contributed by atoms with Crippen LogP contribution in [0.3, 0.4) is 0 Å². The van der Waals surface area contributed by atoms with Crippen molar-refractivity contribution in [3.8, 4) is 84.9 Å². The Hall–Kier alpha value is -17.4. The zero-order valence-corrected chi connectivity index (χ0v) is 78.8. The van der Waals surface area contributed by atoms with Gasteiger partial charge >= 0.3 is 18.4 Å². The van der Waals surface area contributed by atoms with Crippen LogP contribution in [0.4, 0.5) is 77.3 Å². The van der Waals surface area contributed by atoms with E-state index < -0.39 is 65.3 Å². The molecule has 0 aliphatic heterocycles. The summed E-state index contributed by atoms with van der Waals surface area (Å²) in [6.45, 7) is 3.37. The zero-order valence-electron chi connectivity index (χ0n) is 74.0. The molecular formula is C98H77BrClF6N25O8S3. The highest BCUT2D eigenvalue weighted by Gasteiger charge is 2.38. The number of rotatable bonds is 22. The van der Waals surface area contributed by atoms with Crippen molar-refractivity contribution in [2.75, 3.05) is 41.6 Å². The summed E-state index contributed by atoms with van der Waals surface area (Å²) in [5.41, 5.74) is 19.3. The van der Waals surface area contributed by atoms with E-state index in [1.807, 2.05) is 97.2 Å². The van der Waals surface area contributed by atoms with Crippen molar-refractivity contribution >= 4 is 116 Å². The summed E-state index contributed by atoms with van der Waals surface area (Å²) in [6, 6.07) is 76.8. The van der Waals surface area contributed by atoms with E-state index in [1.165, 1.54) is 63.4 Å². The van der Waals surface area contributed by atoms with Crippen LogP contribution in [0.25, 0.3) is 84.9 Å². The molecule has 0 bridgehead atoms. The minimum atomic E-state index is -5.05. The third-order valence-corrected chi connectivity index (χ3v) is 25.1. The lowest BCUT2D eigenvalue weighted by atomic mass is 10.1. The molecule has 7 aromatic carbocycles. The molecule has 142 heavy (non-hydrogen) atoms. The van der Waals surface area contributed by atoms with Crippen LogP contribution in [0.5, 0.6) is 0 Å². The van der Waals surface area contributed by atoms with Crippen LogP contribution in [0.1, 0.15) is 23.6 Å². The number of hydrogen-bond donors (Lipinski definition) is 8. The van der Waals surface area contributed by atoms with Gasteiger partial charge in [-0.05, 0) is 231 Å². The van der Waals surface area contributed by atoms with Crippen LogP contribution in [0.2, 0.25) is 5.02 Å². The summed E-state index contributed by atoms with van der Waals surface area (Å²) in [4.78, 5) is 52.6. The van der Waals surface area contributed by atoms with Gasteiger partial charge in [0.05, 0.1) is 77.0 Å². The molecular weight excluding hydrogens is 1980 g/mol. The van der Waals surface area contributed by atoms with Crippen LogP contribution in [0, 0.1) is 6.92 Å². The average molecular weight is 2060 g/mol. The van der Waals surface area contributed by atoms with E-state index in [-0.39, 0.29) is 38.3 Å². The largest absolute Gasteiger partial charge is 0.416 e. The molecule has 19 aromatic rings. The number of sulfonamides is 3. The number of urea groups is 1. The number of aromatic nitrogens is 17. The summed E-state index contributed by atoms with van der Waals surface area (Å²) >= 11 is 9.31. The molecule has 44 heteroatoms. The Kier molecular flexibility index (Phi) is 30.7. The van der Waals surface area contributed by atoms with Crippen LogP contribution >= 0.6 is 27.5 Å². The molecule has 19 rings (SSSR count). The standard InChI is InChI=1S/C23H14BrF6N5O.C21H17ClN4O2S.C20H17N5O2S.C19H16N6O2S.C15H13N5O/c24-16-1-3-18(4-2-16)35-20(12-19(34-35)13-5-7-31-8-6-13)33-21(36)32-17-10-14(22(25,26)27)9-15(11-17)23(28,29)30;1-15-2-8-19(9-3-15)29(27,28)25-21-14-20(16-10-12-23-13-11-16)24-26(21)18-6-4-17(22)5-7-18;21-16-6-8-18(9-7-16)28(26,27)24-20-14-19(15-10-12-22-13-11-15)23-25(20)17-4-2-1-3-5-17;20-15-4-6-16(7-5-15)28(26,27)24-19-13-17(14-8-11-21-12-9-14)23-25(19)18-3-1-2-10-22-18;1-11(21)18-15-10-14(12-2-6-16-7-3-12)19-20(15)13-4-8-17-9-5-13/h1-12H,(H2,32,33,36);2-14,25H,1H3;1-14,24H,21H2;1-13,24H,20H2;2-10H,1H3,(H,18,21). The monoisotopic (exact) mass is 2060 g/mol. The first kappa shape index (κ1) is 99.1. The number of nitrogens with two attached hydrogens (primary N) is 2. The Morgan fingerprint density at radius 1 is 0.338 bits per heavy atom. The number of carbonyl (C=O) groups excluding carboxylic acids is 2. The summed E-state index contributed by atoms with van der Waals surface area (Å²) in [5, 5.41) is 30.6. The molecule has 0 radical (unpaired) electrons. The lowest BCUT2D eigenvalue weighted by Crippen LogP contribution is -2.22. The van der Waals surface area contributed by atoms with E-state index in [2.05, 4.69) is 101 Å². The van der Waals surface area contributed by atoms with Crippen LogP contribution in [-0.2, 0) is 47.2 Å². The second-order valence-corrected chi connectivity index (χ2v) is 36.7. The Balaban J connectivity index is 0.000000135. The Labute approximate surface area is 820 Å². The van der Waals surface area contributed by atoms with Gasteiger partial charge < -0.3 is 22.1 Å². The van der Waals surface area contributed by atoms with Crippen LogP contribution in [0.15, 0.2) is 391 Å². The Bertz CT molecular complexity index is 7710. The van der Waals surface area contributed by atoms with Crippen molar-refractivity contribution in [3.05, 3.63) is 398 Å². The molecule has 0 spiro atoms. The molecule has 10 N–H and O–H groups in total. The second-order valence-electron chi connectivity index (χ2n) is 30.3. The number of nitrogens with zero attached hydrogens (tertiary/aromatic N) is 17. The van der Waals surface area contributed by atoms with Gasteiger partial charge in [0.25, 0.3) is 30.1 Å². The van der Waals surface area contributed by atoms with Crippen molar-refractivity contribution in [2.45, 2.75) is 40.9 Å². The molecule has 716 valence electrons. The fourth-order valence-corrected chi connectivity index (χ4v) is 16.9. The van der Waals surface area contributed by atoms with E-state index in [4.69, 9.17) is 23.1 Å². The van der Waals surface area contributed by atoms with E-state index >= 15 is 0 Å². The van der Waals surface area contributed by atoms with Crippen molar-refractivity contribution in [1.82, 2.24) is 83.8 Å². The lowest BCUT2D eigenvalue weighted by Gasteiger charge is -2.15. The minimum Gasteiger partial charge on any atom is -0.399 e. The van der Waals surface area contributed by atoms with Crippen LogP contribution < -0.4 is 41.6 Å². The third kappa shape index (κ3) is 25.7. The number of nitrogen functional groups attached to an aromatic ring is 2. The number of alkyl halides is 6. The molecule has 33 nitrogen and oxygen atoms in total. The van der Waals surface area contributed by atoms with Crippen molar-refractivity contribution in [2.24, 2.45) is 0 Å². The number of para-hydroxylation sites is 1. The quantitative estimate of drug-likeness (QED) is 0.0231. The highest BCUT2D eigenvalue weighted by molar-refractivity contribution is 9.10. The maximum absolute atomic E-state index is 13.1. The molecule has 0 fully saturated rings. The van der Waals surface area contributed by atoms with E-state index in [0.717, 1.165) is 49.4 Å². The van der Waals surface area contributed by atoms with Gasteiger partial charge in [0.1, 0.15) is 29.1 Å². The van der Waals surface area contributed by atoms with E-state index in [0.29, 0.717) is 91.5 Å². The number of hydrogen-bond acceptors (Lipinski definition) is 22. The Morgan fingerprint density at radius 3 is 1.01 bits per heavy atom. The third-order valence-electron chi connectivity index (χ3n) is 20.2. The molecule has 0 unspecified atom stereocenters. The van der Waals surface area contributed by atoms with Gasteiger partial charge in [-0.2, -0.15) is 56.5 Å². The van der Waals surface area contributed by atoms with Gasteiger partial charge in [0, 0.05) is 172 Å². The zero-order chi connectivity index (χ0) is 100. The molecule has 0 aliphatic rings. The van der Waals surface area contributed by atoms with Gasteiger partial charge in [-0.25, -0.2) is 53.8 Å². The number of halogens is 8. The molecule has 0 saturated heterocycles. The number of anilines is 8. The first-order valence-corrected chi connectivity index (χ1v) is 47.7. The number of benzene rings is 7. The maximum atomic E-state index is 13.1. The molecule has 0 atom stereocenters. The fraction of sp³-hybridized carbons (Fsp3) is 0.0408. The summed E-state index contributed by atoms with van der Waals surface area (Å²) in [6.07, 6.45) is 11.3. The number of nitrogens with one attached hydrogen (secondary N) is 6. The number of aryl methyl sites for hydroxylation is 1. The second kappa shape index (κ2) is 43.9. The van der Waals surface area contributed by atoms with Gasteiger partial charge in [0.15, 0.2) is 5.82 Å². The topological polar surface area (TPSA) is 440 Å². The van der Waals surface area contributed by atoms with Crippen LogP contribution in [-0.4, -0.2) is 121 Å². The van der Waals surface area contributed by atoms with E-state index in [1.54, 1.807) is 236 Å². The average Bonchev–Trinajstić information content (AvgIpc) is 1.51. The summed E-state index contributed by atoms with van der Waals surface area (Å²) in [5.74, 6) is 1.98. The van der Waals surface area contributed by atoms with Crippen molar-refractivity contribution < 1.29 is 61.2 Å². The van der Waals surface area contributed by atoms with Crippen molar-refractivity contribution in [1.29, 1.82) is 0 Å². The van der Waals surface area contributed by atoms with Crippen molar-refractivity contribution in [3.63, 3.8) is 0 Å². The minimum absolute atomic E-state index is 0.0211. The highest BCUT2D eigenvalue weighted by Crippen LogP contribution is 2.40. The number of amides is 3. The summed E-state index contributed by atoms with van der Waals surface area (Å²) in [7, 11) is -11.4. The smallest absolute Gasteiger partial charge is 0.399 e. The number of carbonyl (C=O) groups is 2.